The zero-order chi connectivity index (χ0) is 28.2. The number of nitrogens with zero attached hydrogens (tertiary/aromatic N) is 2. The van der Waals surface area contributed by atoms with Crippen molar-refractivity contribution in [3.8, 4) is 0 Å². The van der Waals surface area contributed by atoms with E-state index in [4.69, 9.17) is 4.74 Å². The predicted octanol–water partition coefficient (Wildman–Crippen LogP) is 3.89. The summed E-state index contributed by atoms with van der Waals surface area (Å²) in [5.74, 6) is -1.81. The average Bonchev–Trinajstić information content (AvgIpc) is 3.41. The lowest BCUT2D eigenvalue weighted by Crippen LogP contribution is -2.57. The molecule has 3 amide bonds. The van der Waals surface area contributed by atoms with Crippen molar-refractivity contribution in [2.75, 3.05) is 19.6 Å². The van der Waals surface area contributed by atoms with Gasteiger partial charge in [-0.3, -0.25) is 9.59 Å². The SMILES string of the molecule is CC(C)(C)OC(=O)N1CCC(C(=O)N2CCC[C@H]2C(=O)N[C@@H](C(=O)O)c2ccccc2)(c2ccccc2)CC1. The Bertz CT molecular complexity index is 1190. The number of piperidine rings is 1. The number of carbonyl (C=O) groups is 4. The van der Waals surface area contributed by atoms with Gasteiger partial charge in [0.25, 0.3) is 0 Å². The number of aliphatic carboxylic acids is 1. The van der Waals surface area contributed by atoms with Crippen LogP contribution < -0.4 is 5.32 Å². The average molecular weight is 536 g/mol. The number of nitrogens with one attached hydrogen (secondary N) is 1. The van der Waals surface area contributed by atoms with Gasteiger partial charge in [-0.2, -0.15) is 0 Å². The molecular formula is C30H37N3O6. The van der Waals surface area contributed by atoms with Gasteiger partial charge in [0, 0.05) is 19.6 Å². The number of rotatable bonds is 6. The Morgan fingerprint density at radius 1 is 0.949 bits per heavy atom. The monoisotopic (exact) mass is 535 g/mol. The van der Waals surface area contributed by atoms with Gasteiger partial charge in [-0.25, -0.2) is 9.59 Å². The Morgan fingerprint density at radius 3 is 2.10 bits per heavy atom. The fourth-order valence-corrected chi connectivity index (χ4v) is 5.51. The molecule has 0 saturated carbocycles. The van der Waals surface area contributed by atoms with Crippen LogP contribution in [0.4, 0.5) is 4.79 Å². The molecule has 9 heteroatoms. The van der Waals surface area contributed by atoms with Gasteiger partial charge in [0.15, 0.2) is 6.04 Å². The highest BCUT2D eigenvalue weighted by Crippen LogP contribution is 2.39. The van der Waals surface area contributed by atoms with E-state index < -0.39 is 41.1 Å². The van der Waals surface area contributed by atoms with Crippen LogP contribution in [0.5, 0.6) is 0 Å². The van der Waals surface area contributed by atoms with E-state index >= 15 is 0 Å². The molecule has 0 radical (unpaired) electrons. The first-order valence-corrected chi connectivity index (χ1v) is 13.4. The van der Waals surface area contributed by atoms with Gasteiger partial charge in [0.2, 0.25) is 11.8 Å². The van der Waals surface area contributed by atoms with Crippen LogP contribution in [0.3, 0.4) is 0 Å². The molecule has 4 rings (SSSR count). The third-order valence-corrected chi connectivity index (χ3v) is 7.49. The van der Waals surface area contributed by atoms with Crippen molar-refractivity contribution in [3.05, 3.63) is 71.8 Å². The first-order valence-electron chi connectivity index (χ1n) is 13.4. The second kappa shape index (κ2) is 11.5. The highest BCUT2D eigenvalue weighted by atomic mass is 16.6. The predicted molar refractivity (Wildman–Crippen MR) is 145 cm³/mol. The second-order valence-corrected chi connectivity index (χ2v) is 11.3. The van der Waals surface area contributed by atoms with Crippen LogP contribution in [0.15, 0.2) is 60.7 Å². The van der Waals surface area contributed by atoms with E-state index in [1.165, 1.54) is 0 Å². The van der Waals surface area contributed by atoms with Crippen molar-refractivity contribution in [1.29, 1.82) is 0 Å². The van der Waals surface area contributed by atoms with Gasteiger partial charge in [-0.15, -0.1) is 0 Å². The molecule has 2 aliphatic heterocycles. The normalized spacial score (nSPS) is 19.7. The summed E-state index contributed by atoms with van der Waals surface area (Å²) >= 11 is 0. The zero-order valence-electron chi connectivity index (χ0n) is 22.8. The summed E-state index contributed by atoms with van der Waals surface area (Å²) in [6.07, 6.45) is 1.47. The van der Waals surface area contributed by atoms with Gasteiger partial charge >= 0.3 is 12.1 Å². The summed E-state index contributed by atoms with van der Waals surface area (Å²) in [6.45, 7) is 6.54. The van der Waals surface area contributed by atoms with Gasteiger partial charge < -0.3 is 25.0 Å². The molecule has 9 nitrogen and oxygen atoms in total. The topological polar surface area (TPSA) is 116 Å². The number of hydrogen-bond acceptors (Lipinski definition) is 5. The molecule has 2 atom stereocenters. The molecule has 2 N–H and O–H groups in total. The van der Waals surface area contributed by atoms with Crippen molar-refractivity contribution in [2.45, 2.75) is 69.6 Å². The van der Waals surface area contributed by atoms with Crippen LogP contribution >= 0.6 is 0 Å². The first kappa shape index (κ1) is 28.1. The highest BCUT2D eigenvalue weighted by molar-refractivity contribution is 5.95. The number of carboxylic acid groups (broad SMARTS) is 1. The zero-order valence-corrected chi connectivity index (χ0v) is 22.8. The number of hydrogen-bond donors (Lipinski definition) is 2. The maximum absolute atomic E-state index is 14.3. The van der Waals surface area contributed by atoms with Crippen molar-refractivity contribution < 1.29 is 29.0 Å². The van der Waals surface area contributed by atoms with E-state index in [9.17, 15) is 24.3 Å². The Labute approximate surface area is 229 Å². The van der Waals surface area contributed by atoms with Crippen LogP contribution in [0, 0.1) is 0 Å². The number of carbonyl (C=O) groups excluding carboxylic acids is 3. The molecule has 0 unspecified atom stereocenters. The van der Waals surface area contributed by atoms with E-state index in [2.05, 4.69) is 5.32 Å². The van der Waals surface area contributed by atoms with Crippen LogP contribution in [0.1, 0.15) is 63.6 Å². The van der Waals surface area contributed by atoms with Crippen molar-refractivity contribution in [2.24, 2.45) is 0 Å². The van der Waals surface area contributed by atoms with E-state index in [1.54, 1.807) is 40.1 Å². The van der Waals surface area contributed by atoms with Gasteiger partial charge in [0.05, 0.1) is 5.41 Å². The number of ether oxygens (including phenoxy) is 1. The molecule has 0 aromatic heterocycles. The number of likely N-dealkylation sites (tertiary alicyclic amines) is 2. The lowest BCUT2D eigenvalue weighted by Gasteiger charge is -2.44. The molecule has 0 bridgehead atoms. The Balaban J connectivity index is 1.56. The minimum atomic E-state index is -1.21. The van der Waals surface area contributed by atoms with E-state index in [0.717, 1.165) is 5.56 Å². The Kier molecular flexibility index (Phi) is 8.28. The summed E-state index contributed by atoms with van der Waals surface area (Å²) in [6, 6.07) is 16.0. The smallest absolute Gasteiger partial charge is 0.410 e. The summed E-state index contributed by atoms with van der Waals surface area (Å²) in [4.78, 5) is 55.7. The molecule has 208 valence electrons. The minimum Gasteiger partial charge on any atom is -0.479 e. The molecule has 2 heterocycles. The first-order chi connectivity index (χ1) is 18.5. The van der Waals surface area contributed by atoms with Gasteiger partial charge in [-0.1, -0.05) is 60.7 Å². The summed E-state index contributed by atoms with van der Waals surface area (Å²) in [5.41, 5.74) is -0.221. The van der Waals surface area contributed by atoms with Crippen molar-refractivity contribution in [3.63, 3.8) is 0 Å². The highest BCUT2D eigenvalue weighted by Gasteiger charge is 2.49. The molecule has 2 aromatic carbocycles. The third kappa shape index (κ3) is 6.24. The van der Waals surface area contributed by atoms with E-state index in [1.807, 2.05) is 51.1 Å². The fourth-order valence-electron chi connectivity index (χ4n) is 5.51. The fraction of sp³-hybridized carbons (Fsp3) is 0.467. The molecule has 2 aromatic rings. The standard InChI is InChI=1S/C30H37N3O6/c1-29(2,3)39-28(38)32-19-16-30(17-20-32,22-13-8-5-9-14-22)27(37)33-18-10-15-23(33)25(34)31-24(26(35)36)21-11-6-4-7-12-21/h4-9,11-14,23-24H,10,15-20H2,1-3H3,(H,31,34)(H,35,36)/t23-,24+/m0/s1. The van der Waals surface area contributed by atoms with Crippen LogP contribution in [-0.4, -0.2) is 70.1 Å². The largest absolute Gasteiger partial charge is 0.479 e. The summed E-state index contributed by atoms with van der Waals surface area (Å²) < 4.78 is 5.54. The van der Waals surface area contributed by atoms with Crippen molar-refractivity contribution >= 4 is 23.9 Å². The molecule has 39 heavy (non-hydrogen) atoms. The number of amides is 3. The maximum Gasteiger partial charge on any atom is 0.410 e. The minimum absolute atomic E-state index is 0.165. The van der Waals surface area contributed by atoms with Gasteiger partial charge in [-0.05, 0) is 57.6 Å². The lowest BCUT2D eigenvalue weighted by atomic mass is 9.71. The van der Waals surface area contributed by atoms with E-state index in [-0.39, 0.29) is 5.91 Å². The Morgan fingerprint density at radius 2 is 1.54 bits per heavy atom. The molecule has 2 fully saturated rings. The van der Waals surface area contributed by atoms with Crippen LogP contribution in [0.2, 0.25) is 0 Å². The molecule has 0 spiro atoms. The molecule has 2 aliphatic rings. The number of benzene rings is 2. The third-order valence-electron chi connectivity index (χ3n) is 7.49. The summed E-state index contributed by atoms with van der Waals surface area (Å²) in [5, 5.41) is 12.4. The van der Waals surface area contributed by atoms with Crippen molar-refractivity contribution in [1.82, 2.24) is 15.1 Å². The summed E-state index contributed by atoms with van der Waals surface area (Å²) in [7, 11) is 0. The second-order valence-electron chi connectivity index (χ2n) is 11.3. The molecular weight excluding hydrogens is 498 g/mol. The molecule has 2 saturated heterocycles. The lowest BCUT2D eigenvalue weighted by molar-refractivity contribution is -0.146. The molecule has 0 aliphatic carbocycles. The van der Waals surface area contributed by atoms with Crippen LogP contribution in [-0.2, 0) is 24.5 Å². The number of carboxylic acids is 1. The maximum atomic E-state index is 14.3. The van der Waals surface area contributed by atoms with Crippen LogP contribution in [0.25, 0.3) is 0 Å². The van der Waals surface area contributed by atoms with E-state index in [0.29, 0.717) is 50.9 Å². The quantitative estimate of drug-likeness (QED) is 0.580. The van der Waals surface area contributed by atoms with Gasteiger partial charge in [0.1, 0.15) is 11.6 Å². The Hall–Kier alpha value is -3.88.